The summed E-state index contributed by atoms with van der Waals surface area (Å²) in [5.41, 5.74) is 6.49. The van der Waals surface area contributed by atoms with Gasteiger partial charge in [0, 0.05) is 18.3 Å². The minimum Gasteiger partial charge on any atom is -0.488 e. The van der Waals surface area contributed by atoms with E-state index in [1.807, 2.05) is 30.3 Å². The molecule has 2 aromatic heterocycles. The molecule has 2 heterocycles. The van der Waals surface area contributed by atoms with Gasteiger partial charge in [-0.05, 0) is 24.8 Å². The third-order valence-electron chi connectivity index (χ3n) is 3.91. The molecule has 10 nitrogen and oxygen atoms in total. The molecule has 11 heteroatoms. The van der Waals surface area contributed by atoms with Crippen LogP contribution in [0.5, 0.6) is 5.75 Å². The van der Waals surface area contributed by atoms with Crippen molar-refractivity contribution in [2.24, 2.45) is 10.7 Å². The zero-order chi connectivity index (χ0) is 22.2. The average molecular weight is 440 g/mol. The van der Waals surface area contributed by atoms with Crippen molar-refractivity contribution in [3.05, 3.63) is 70.4 Å². The van der Waals surface area contributed by atoms with Gasteiger partial charge in [0.05, 0.1) is 12.8 Å². The number of carbonyl (C=O) groups excluding carboxylic acids is 1. The third kappa shape index (κ3) is 5.76. The Balaban J connectivity index is 1.78. The molecule has 1 aromatic carbocycles. The number of ether oxygens (including phenoxy) is 1. The number of hydrogen-bond donors (Lipinski definition) is 3. The molecule has 0 bridgehead atoms. The SMILES string of the molecule is COc1c(NCc2ccccc2)cc(C(=O)Nc2nnc(N=C(C)C=CN)s2)oc1=O. The molecule has 0 aliphatic heterocycles. The molecule has 0 aliphatic rings. The van der Waals surface area contributed by atoms with E-state index in [0.29, 0.717) is 23.1 Å². The van der Waals surface area contributed by atoms with Crippen LogP contribution in [-0.2, 0) is 6.54 Å². The normalized spacial score (nSPS) is 11.5. The standard InChI is InChI=1S/C20H20N6O4S/c1-12(8-9-21)23-19-25-26-20(31-19)24-17(27)15-10-14(16(29-2)18(28)30-15)22-11-13-6-4-3-5-7-13/h3-10,22H,11,21H2,1-2H3,(H,24,26,27). The first-order chi connectivity index (χ1) is 15.0. The summed E-state index contributed by atoms with van der Waals surface area (Å²) in [5.74, 6) is -0.889. The number of allylic oxidation sites excluding steroid dienone is 1. The summed E-state index contributed by atoms with van der Waals surface area (Å²) in [6, 6.07) is 11.0. The first kappa shape index (κ1) is 21.7. The van der Waals surface area contributed by atoms with E-state index in [-0.39, 0.29) is 16.6 Å². The minimum atomic E-state index is -0.780. The molecule has 0 fully saturated rings. The second-order valence-electron chi connectivity index (χ2n) is 6.14. The van der Waals surface area contributed by atoms with Gasteiger partial charge in [0.15, 0.2) is 5.76 Å². The average Bonchev–Trinajstić information content (AvgIpc) is 3.19. The fourth-order valence-electron chi connectivity index (χ4n) is 2.51. The molecule has 0 spiro atoms. The molecule has 1 amide bonds. The molecule has 0 saturated carbocycles. The van der Waals surface area contributed by atoms with Crippen LogP contribution >= 0.6 is 11.3 Å². The Bertz CT molecular complexity index is 1170. The molecule has 3 aromatic rings. The van der Waals surface area contributed by atoms with E-state index in [2.05, 4.69) is 25.8 Å². The maximum Gasteiger partial charge on any atom is 0.381 e. The van der Waals surface area contributed by atoms with Gasteiger partial charge in [-0.15, -0.1) is 10.2 Å². The number of aromatic nitrogens is 2. The molecule has 0 saturated heterocycles. The number of nitrogens with zero attached hydrogens (tertiary/aromatic N) is 3. The highest BCUT2D eigenvalue weighted by molar-refractivity contribution is 7.18. The lowest BCUT2D eigenvalue weighted by Gasteiger charge is -2.11. The fourth-order valence-corrected chi connectivity index (χ4v) is 3.18. The number of carbonyl (C=O) groups is 1. The third-order valence-corrected chi connectivity index (χ3v) is 4.64. The summed E-state index contributed by atoms with van der Waals surface area (Å²) < 4.78 is 10.2. The van der Waals surface area contributed by atoms with E-state index < -0.39 is 11.5 Å². The van der Waals surface area contributed by atoms with Gasteiger partial charge in [-0.1, -0.05) is 41.7 Å². The van der Waals surface area contributed by atoms with Crippen LogP contribution in [0.25, 0.3) is 0 Å². The maximum atomic E-state index is 12.6. The Morgan fingerprint density at radius 3 is 2.81 bits per heavy atom. The second-order valence-corrected chi connectivity index (χ2v) is 7.10. The predicted octanol–water partition coefficient (Wildman–Crippen LogP) is 2.93. The number of hydrogen-bond acceptors (Lipinski definition) is 10. The first-order valence-corrected chi connectivity index (χ1v) is 9.90. The van der Waals surface area contributed by atoms with Gasteiger partial charge < -0.3 is 20.2 Å². The summed E-state index contributed by atoms with van der Waals surface area (Å²) >= 11 is 1.06. The number of nitrogens with one attached hydrogen (secondary N) is 2. The number of anilines is 2. The van der Waals surface area contributed by atoms with Crippen molar-refractivity contribution in [2.75, 3.05) is 17.7 Å². The Morgan fingerprint density at radius 1 is 1.32 bits per heavy atom. The summed E-state index contributed by atoms with van der Waals surface area (Å²) in [6.45, 7) is 2.18. The molecule has 0 atom stereocenters. The van der Waals surface area contributed by atoms with Gasteiger partial charge in [-0.2, -0.15) is 0 Å². The van der Waals surface area contributed by atoms with Crippen LogP contribution in [-0.4, -0.2) is 28.9 Å². The lowest BCUT2D eigenvalue weighted by molar-refractivity contribution is 0.0991. The van der Waals surface area contributed by atoms with Crippen LogP contribution in [0.4, 0.5) is 16.0 Å². The van der Waals surface area contributed by atoms with Gasteiger partial charge in [-0.25, -0.2) is 9.79 Å². The van der Waals surface area contributed by atoms with Crippen molar-refractivity contribution in [1.29, 1.82) is 0 Å². The Kier molecular flexibility index (Phi) is 7.12. The zero-order valence-corrected chi connectivity index (χ0v) is 17.6. The number of benzene rings is 1. The molecule has 0 aliphatic carbocycles. The molecule has 3 rings (SSSR count). The van der Waals surface area contributed by atoms with Crippen LogP contribution in [0.2, 0.25) is 0 Å². The predicted molar refractivity (Wildman–Crippen MR) is 119 cm³/mol. The maximum absolute atomic E-state index is 12.6. The number of methoxy groups -OCH3 is 1. The lowest BCUT2D eigenvalue weighted by Crippen LogP contribution is -2.17. The van der Waals surface area contributed by atoms with Gasteiger partial charge in [0.2, 0.25) is 16.0 Å². The zero-order valence-electron chi connectivity index (χ0n) is 16.8. The fraction of sp³-hybridized carbons (Fsp3) is 0.150. The minimum absolute atomic E-state index is 0.0246. The van der Waals surface area contributed by atoms with Crippen molar-refractivity contribution < 1.29 is 13.9 Å². The number of aliphatic imine (C=N–C) groups is 1. The van der Waals surface area contributed by atoms with Crippen LogP contribution in [0.3, 0.4) is 0 Å². The van der Waals surface area contributed by atoms with Gasteiger partial charge >= 0.3 is 5.63 Å². The summed E-state index contributed by atoms with van der Waals surface area (Å²) in [5, 5.41) is 13.9. The van der Waals surface area contributed by atoms with E-state index in [1.54, 1.807) is 13.0 Å². The number of rotatable bonds is 8. The van der Waals surface area contributed by atoms with Gasteiger partial charge in [0.1, 0.15) is 0 Å². The van der Waals surface area contributed by atoms with Crippen LogP contribution in [0.1, 0.15) is 23.0 Å². The summed E-state index contributed by atoms with van der Waals surface area (Å²) in [4.78, 5) is 29.1. The topological polar surface area (TPSA) is 145 Å². The van der Waals surface area contributed by atoms with Crippen molar-refractivity contribution in [2.45, 2.75) is 13.5 Å². The first-order valence-electron chi connectivity index (χ1n) is 9.08. The van der Waals surface area contributed by atoms with Crippen LogP contribution in [0.15, 0.2) is 62.9 Å². The highest BCUT2D eigenvalue weighted by atomic mass is 32.1. The van der Waals surface area contributed by atoms with Gasteiger partial charge in [0.25, 0.3) is 5.91 Å². The van der Waals surface area contributed by atoms with Crippen molar-refractivity contribution in [1.82, 2.24) is 10.2 Å². The second kappa shape index (κ2) is 10.2. The molecular formula is C20H20N6O4S. The summed E-state index contributed by atoms with van der Waals surface area (Å²) in [6.07, 6.45) is 2.97. The highest BCUT2D eigenvalue weighted by Crippen LogP contribution is 2.25. The molecule has 4 N–H and O–H groups in total. The van der Waals surface area contributed by atoms with E-state index in [9.17, 15) is 9.59 Å². The quantitative estimate of drug-likeness (QED) is 0.453. The number of nitrogens with two attached hydrogens (primary N) is 1. The molecule has 31 heavy (non-hydrogen) atoms. The van der Waals surface area contributed by atoms with Gasteiger partial charge in [-0.3, -0.25) is 10.1 Å². The van der Waals surface area contributed by atoms with Crippen molar-refractivity contribution in [3.63, 3.8) is 0 Å². The monoisotopic (exact) mass is 440 g/mol. The van der Waals surface area contributed by atoms with E-state index in [4.69, 9.17) is 14.9 Å². The van der Waals surface area contributed by atoms with E-state index in [0.717, 1.165) is 16.9 Å². The number of amides is 1. The molecule has 0 unspecified atom stereocenters. The Morgan fingerprint density at radius 2 is 2.10 bits per heavy atom. The Labute approximate surface area is 181 Å². The largest absolute Gasteiger partial charge is 0.488 e. The van der Waals surface area contributed by atoms with Crippen molar-refractivity contribution in [3.8, 4) is 5.75 Å². The molecule has 160 valence electrons. The molecule has 0 radical (unpaired) electrons. The smallest absolute Gasteiger partial charge is 0.381 e. The van der Waals surface area contributed by atoms with Crippen LogP contribution in [0, 0.1) is 0 Å². The molecular weight excluding hydrogens is 420 g/mol. The Hall–Kier alpha value is -3.99. The van der Waals surface area contributed by atoms with E-state index in [1.165, 1.54) is 19.4 Å². The van der Waals surface area contributed by atoms with E-state index >= 15 is 0 Å². The summed E-state index contributed by atoms with van der Waals surface area (Å²) in [7, 11) is 1.35. The highest BCUT2D eigenvalue weighted by Gasteiger charge is 2.18. The van der Waals surface area contributed by atoms with Crippen LogP contribution < -0.4 is 26.7 Å². The van der Waals surface area contributed by atoms with Crippen molar-refractivity contribution >= 4 is 38.9 Å². The lowest BCUT2D eigenvalue weighted by atomic mass is 10.2.